The van der Waals surface area contributed by atoms with E-state index in [9.17, 15) is 4.79 Å². The third-order valence-corrected chi connectivity index (χ3v) is 4.62. The van der Waals surface area contributed by atoms with Gasteiger partial charge >= 0.3 is 0 Å². The van der Waals surface area contributed by atoms with Crippen molar-refractivity contribution in [3.63, 3.8) is 0 Å². The molecule has 1 saturated carbocycles. The minimum Gasteiger partial charge on any atom is -0.344 e. The Balaban J connectivity index is 1.72. The summed E-state index contributed by atoms with van der Waals surface area (Å²) in [4.78, 5) is 17.0. The maximum atomic E-state index is 12.5. The van der Waals surface area contributed by atoms with E-state index >= 15 is 0 Å². The van der Waals surface area contributed by atoms with E-state index in [1.807, 2.05) is 48.5 Å². The fourth-order valence-electron chi connectivity index (χ4n) is 3.39. The van der Waals surface area contributed by atoms with E-state index in [2.05, 4.69) is 10.3 Å². The molecule has 0 spiro atoms. The predicted molar refractivity (Wildman–Crippen MR) is 91.9 cm³/mol. The molecule has 1 unspecified atom stereocenters. The molecule has 0 saturated heterocycles. The Labute approximate surface area is 138 Å². The first-order valence-electron chi connectivity index (χ1n) is 8.58. The average molecular weight is 308 g/mol. The monoisotopic (exact) mass is 308 g/mol. The Morgan fingerprint density at radius 2 is 1.78 bits per heavy atom. The van der Waals surface area contributed by atoms with Gasteiger partial charge in [-0.1, -0.05) is 55.7 Å². The highest BCUT2D eigenvalue weighted by Crippen LogP contribution is 2.27. The van der Waals surface area contributed by atoms with Crippen LogP contribution in [0.3, 0.4) is 0 Å². The molecule has 1 fully saturated rings. The van der Waals surface area contributed by atoms with Gasteiger partial charge in [0.05, 0.1) is 11.7 Å². The second-order valence-corrected chi connectivity index (χ2v) is 6.37. The molecule has 3 heteroatoms. The molecular formula is C20H24N2O. The van der Waals surface area contributed by atoms with Crippen LogP contribution in [-0.4, -0.2) is 10.9 Å². The number of nitrogens with one attached hydrogen (secondary N) is 1. The maximum absolute atomic E-state index is 12.5. The molecule has 23 heavy (non-hydrogen) atoms. The minimum atomic E-state index is -0.173. The van der Waals surface area contributed by atoms with Crippen molar-refractivity contribution in [2.75, 3.05) is 0 Å². The molecule has 1 heterocycles. The van der Waals surface area contributed by atoms with E-state index in [0.717, 1.165) is 11.3 Å². The van der Waals surface area contributed by atoms with Crippen LogP contribution >= 0.6 is 0 Å². The molecule has 1 amide bonds. The molecule has 3 nitrogen and oxygen atoms in total. The zero-order valence-corrected chi connectivity index (χ0v) is 13.4. The molecule has 1 aliphatic rings. The summed E-state index contributed by atoms with van der Waals surface area (Å²) in [5, 5.41) is 3.20. The molecule has 3 rings (SSSR count). The lowest BCUT2D eigenvalue weighted by Gasteiger charge is -2.23. The lowest BCUT2D eigenvalue weighted by Crippen LogP contribution is -2.31. The Kier molecular flexibility index (Phi) is 5.41. The number of benzene rings is 1. The third-order valence-electron chi connectivity index (χ3n) is 4.62. The van der Waals surface area contributed by atoms with Gasteiger partial charge in [0.25, 0.3) is 0 Å². The van der Waals surface area contributed by atoms with Crippen molar-refractivity contribution in [1.29, 1.82) is 0 Å². The zero-order valence-electron chi connectivity index (χ0n) is 13.4. The van der Waals surface area contributed by atoms with E-state index < -0.39 is 0 Å². The van der Waals surface area contributed by atoms with Gasteiger partial charge in [0.15, 0.2) is 0 Å². The van der Waals surface area contributed by atoms with Crippen LogP contribution in [0.2, 0.25) is 0 Å². The number of carbonyl (C=O) groups excluding carboxylic acids is 1. The summed E-state index contributed by atoms with van der Waals surface area (Å²) in [7, 11) is 0. The zero-order chi connectivity index (χ0) is 15.9. The quantitative estimate of drug-likeness (QED) is 0.897. The number of carbonyl (C=O) groups is 1. The minimum absolute atomic E-state index is 0.136. The summed E-state index contributed by atoms with van der Waals surface area (Å²) in [6, 6.07) is 15.7. The summed E-state index contributed by atoms with van der Waals surface area (Å²) in [5.74, 6) is 0.681. The second-order valence-electron chi connectivity index (χ2n) is 6.37. The Hall–Kier alpha value is -2.16. The normalized spacial score (nSPS) is 16.7. The molecule has 0 aliphatic heterocycles. The van der Waals surface area contributed by atoms with Crippen LogP contribution in [0.1, 0.15) is 55.8 Å². The highest BCUT2D eigenvalue weighted by molar-refractivity contribution is 5.77. The van der Waals surface area contributed by atoms with Crippen molar-refractivity contribution in [3.05, 3.63) is 66.0 Å². The lowest BCUT2D eigenvalue weighted by atomic mass is 9.86. The van der Waals surface area contributed by atoms with Crippen LogP contribution in [0.25, 0.3) is 0 Å². The SMILES string of the molecule is O=C(CC1CCCCC1)NC(c1ccccc1)c1ccccn1. The molecule has 120 valence electrons. The molecule has 0 radical (unpaired) electrons. The van der Waals surface area contributed by atoms with Crippen LogP contribution in [0.4, 0.5) is 0 Å². The van der Waals surface area contributed by atoms with Crippen LogP contribution in [-0.2, 0) is 4.79 Å². The predicted octanol–water partition coefficient (Wildman–Crippen LogP) is 4.26. The van der Waals surface area contributed by atoms with E-state index in [1.165, 1.54) is 32.1 Å². The second kappa shape index (κ2) is 7.91. The molecule has 1 aliphatic carbocycles. The van der Waals surface area contributed by atoms with Gasteiger partial charge in [-0.15, -0.1) is 0 Å². The number of aromatic nitrogens is 1. The Bertz CT molecular complexity index is 567. The summed E-state index contributed by atoms with van der Waals surface area (Å²) < 4.78 is 0. The fraction of sp³-hybridized carbons (Fsp3) is 0.400. The van der Waals surface area contributed by atoms with Crippen LogP contribution < -0.4 is 5.32 Å². The van der Waals surface area contributed by atoms with Crippen molar-refractivity contribution in [2.45, 2.75) is 44.6 Å². The number of amides is 1. The topological polar surface area (TPSA) is 42.0 Å². The molecule has 1 N–H and O–H groups in total. The summed E-state index contributed by atoms with van der Waals surface area (Å²) >= 11 is 0. The molecule has 1 aromatic heterocycles. The van der Waals surface area contributed by atoms with Gasteiger partial charge in [0, 0.05) is 12.6 Å². The van der Waals surface area contributed by atoms with Crippen LogP contribution in [0, 0.1) is 5.92 Å². The summed E-state index contributed by atoms with van der Waals surface area (Å²) in [6.45, 7) is 0. The Morgan fingerprint density at radius 3 is 2.48 bits per heavy atom. The number of rotatable bonds is 5. The first-order chi connectivity index (χ1) is 11.3. The lowest BCUT2D eigenvalue weighted by molar-refractivity contribution is -0.122. The standard InChI is InChI=1S/C20H24N2O/c23-19(15-16-9-3-1-4-10-16)22-20(17-11-5-2-6-12-17)18-13-7-8-14-21-18/h2,5-8,11-14,16,20H,1,3-4,9-10,15H2,(H,22,23). The van der Waals surface area contributed by atoms with Gasteiger partial charge in [0.2, 0.25) is 5.91 Å². The molecule has 1 atom stereocenters. The van der Waals surface area contributed by atoms with Gasteiger partial charge in [-0.05, 0) is 36.5 Å². The smallest absolute Gasteiger partial charge is 0.221 e. The first kappa shape index (κ1) is 15.7. The van der Waals surface area contributed by atoms with E-state index in [1.54, 1.807) is 6.20 Å². The van der Waals surface area contributed by atoms with Crippen molar-refractivity contribution in [3.8, 4) is 0 Å². The van der Waals surface area contributed by atoms with Crippen molar-refractivity contribution < 1.29 is 4.79 Å². The maximum Gasteiger partial charge on any atom is 0.221 e. The van der Waals surface area contributed by atoms with Crippen LogP contribution in [0.15, 0.2) is 54.7 Å². The van der Waals surface area contributed by atoms with Gasteiger partial charge in [0.1, 0.15) is 0 Å². The van der Waals surface area contributed by atoms with Crippen molar-refractivity contribution in [1.82, 2.24) is 10.3 Å². The van der Waals surface area contributed by atoms with E-state index in [0.29, 0.717) is 12.3 Å². The molecule has 0 bridgehead atoms. The van der Waals surface area contributed by atoms with Gasteiger partial charge < -0.3 is 5.32 Å². The molecular weight excluding hydrogens is 284 g/mol. The molecule has 2 aromatic rings. The van der Waals surface area contributed by atoms with Gasteiger partial charge in [-0.2, -0.15) is 0 Å². The number of nitrogens with zero attached hydrogens (tertiary/aromatic N) is 1. The Morgan fingerprint density at radius 1 is 1.04 bits per heavy atom. The largest absolute Gasteiger partial charge is 0.344 e. The molecule has 1 aromatic carbocycles. The number of hydrogen-bond acceptors (Lipinski definition) is 2. The van der Waals surface area contributed by atoms with E-state index in [4.69, 9.17) is 0 Å². The third kappa shape index (κ3) is 4.41. The number of pyridine rings is 1. The summed E-state index contributed by atoms with van der Waals surface area (Å²) in [5.41, 5.74) is 1.96. The highest BCUT2D eigenvalue weighted by Gasteiger charge is 2.21. The highest BCUT2D eigenvalue weighted by atomic mass is 16.1. The summed E-state index contributed by atoms with van der Waals surface area (Å²) in [6.07, 6.45) is 8.63. The average Bonchev–Trinajstić information content (AvgIpc) is 2.62. The van der Waals surface area contributed by atoms with Gasteiger partial charge in [-0.3, -0.25) is 9.78 Å². The van der Waals surface area contributed by atoms with Crippen LogP contribution in [0.5, 0.6) is 0 Å². The van der Waals surface area contributed by atoms with E-state index in [-0.39, 0.29) is 11.9 Å². The van der Waals surface area contributed by atoms with Gasteiger partial charge in [-0.25, -0.2) is 0 Å². The van der Waals surface area contributed by atoms with Crippen molar-refractivity contribution >= 4 is 5.91 Å². The first-order valence-corrected chi connectivity index (χ1v) is 8.58. The van der Waals surface area contributed by atoms with Crippen molar-refractivity contribution in [2.24, 2.45) is 5.92 Å². The fourth-order valence-corrected chi connectivity index (χ4v) is 3.39. The number of hydrogen-bond donors (Lipinski definition) is 1.